The normalized spacial score (nSPS) is 33.1. The summed E-state index contributed by atoms with van der Waals surface area (Å²) in [7, 11) is 0. The molecule has 1 saturated heterocycles. The molecule has 0 aromatic heterocycles. The van der Waals surface area contributed by atoms with Crippen molar-refractivity contribution in [3.05, 3.63) is 10.4 Å². The van der Waals surface area contributed by atoms with E-state index in [0.717, 1.165) is 4.86 Å². The molecule has 0 aliphatic carbocycles. The molecule has 1 heterocycles. The Labute approximate surface area is 115 Å². The van der Waals surface area contributed by atoms with Crippen LogP contribution in [0.3, 0.4) is 0 Å². The average Bonchev–Trinajstić information content (AvgIpc) is 2.43. The highest BCUT2D eigenvalue weighted by Gasteiger charge is 2.47. The van der Waals surface area contributed by atoms with E-state index >= 15 is 0 Å². The molecule has 0 saturated carbocycles. The number of amides is 1. The minimum atomic E-state index is -1.41. The van der Waals surface area contributed by atoms with Crippen molar-refractivity contribution < 1.29 is 34.5 Å². The topological polar surface area (TPSA) is 148 Å². The Morgan fingerprint density at radius 3 is 2.60 bits per heavy atom. The summed E-state index contributed by atoms with van der Waals surface area (Å²) in [6.07, 6.45) is -5.12. The lowest BCUT2D eigenvalue weighted by Gasteiger charge is -2.40. The molecule has 20 heavy (non-hydrogen) atoms. The lowest BCUT2D eigenvalue weighted by molar-refractivity contribution is -0.826. The van der Waals surface area contributed by atoms with E-state index in [4.69, 9.17) is 20.2 Å². The predicted octanol–water partition coefficient (Wildman–Crippen LogP) is -1.80. The second-order valence-electron chi connectivity index (χ2n) is 4.30. The van der Waals surface area contributed by atoms with E-state index in [1.807, 2.05) is 0 Å². The number of nitrogens with zero attached hydrogens (tertiary/aromatic N) is 3. The molecule has 4 N–H and O–H groups in total. The molecule has 0 spiro atoms. The van der Waals surface area contributed by atoms with Crippen LogP contribution in [-0.2, 0) is 14.4 Å². The van der Waals surface area contributed by atoms with Gasteiger partial charge in [0.25, 0.3) is 11.2 Å². The lowest BCUT2D eigenvalue weighted by Crippen LogP contribution is -2.64. The highest BCUT2D eigenvalue weighted by molar-refractivity contribution is 5.73. The maximum absolute atomic E-state index is 11.1. The van der Waals surface area contributed by atoms with Gasteiger partial charge in [-0.05, 0) is 6.92 Å². The van der Waals surface area contributed by atoms with Crippen molar-refractivity contribution in [1.82, 2.24) is 5.32 Å². The zero-order valence-electron chi connectivity index (χ0n) is 11.2. The maximum Gasteiger partial charge on any atom is 0.356 e. The molecule has 1 rings (SSSR count). The van der Waals surface area contributed by atoms with Gasteiger partial charge in [0.2, 0.25) is 5.91 Å². The van der Waals surface area contributed by atoms with Crippen molar-refractivity contribution in [3.8, 4) is 0 Å². The fraction of sp³-hybridized carbons (Fsp3) is 0.900. The number of hydrogen-bond donors (Lipinski definition) is 4. The van der Waals surface area contributed by atoms with Crippen LogP contribution in [0, 0.1) is 0 Å². The van der Waals surface area contributed by atoms with Gasteiger partial charge >= 0.3 is 5.53 Å². The quantitative estimate of drug-likeness (QED) is 0.154. The van der Waals surface area contributed by atoms with Crippen molar-refractivity contribution in [2.24, 2.45) is 0 Å². The van der Waals surface area contributed by atoms with Crippen LogP contribution in [0.4, 0.5) is 0 Å². The minimum absolute atomic E-state index is 0.172. The third-order valence-corrected chi connectivity index (χ3v) is 2.85. The van der Waals surface area contributed by atoms with Crippen LogP contribution in [0.15, 0.2) is 0 Å². The van der Waals surface area contributed by atoms with Crippen molar-refractivity contribution in [2.45, 2.75) is 44.5 Å². The molecular weight excluding hydrogens is 272 g/mol. The molecule has 1 amide bonds. The number of carbonyl (C=O) groups is 1. The minimum Gasteiger partial charge on any atom is -0.394 e. The van der Waals surface area contributed by atoms with E-state index in [2.05, 4.69) is 10.2 Å². The number of carbonyl (C=O) groups excluding carboxylic acids is 1. The van der Waals surface area contributed by atoms with E-state index in [1.54, 1.807) is 6.92 Å². The lowest BCUT2D eigenvalue weighted by atomic mass is 9.97. The summed E-state index contributed by atoms with van der Waals surface area (Å²) >= 11 is 0. The van der Waals surface area contributed by atoms with Crippen LogP contribution in [0.2, 0.25) is 0 Å². The molecule has 1 aliphatic rings. The first kappa shape index (κ1) is 16.5. The zero-order chi connectivity index (χ0) is 15.3. The molecule has 1 fully saturated rings. The molecule has 114 valence electrons. The fourth-order valence-electron chi connectivity index (χ4n) is 1.84. The Hall–Kier alpha value is -1.58. The average molecular weight is 291 g/mol. The SMILES string of the molecule is CC[N+](=[N+]=[N-])O[C@H]1O[C@H](CO)[C@@H](O)[C@H](O)[C@H]1NC(C)=O. The third-order valence-electron chi connectivity index (χ3n) is 2.85. The highest BCUT2D eigenvalue weighted by Crippen LogP contribution is 2.22. The van der Waals surface area contributed by atoms with E-state index in [0.29, 0.717) is 0 Å². The summed E-state index contributed by atoms with van der Waals surface area (Å²) in [6, 6.07) is -1.08. The van der Waals surface area contributed by atoms with Gasteiger partial charge in [0.15, 0.2) is 0 Å². The number of rotatable bonds is 5. The number of nitrogens with one attached hydrogen (secondary N) is 1. The first-order valence-corrected chi connectivity index (χ1v) is 6.13. The number of ether oxygens (including phenoxy) is 1. The molecule has 10 nitrogen and oxygen atoms in total. The standard InChI is InChI=1S/C10H18N4O6/c1-3-14(13-11)20-10-7(12-5(2)16)9(18)8(17)6(4-15)19-10/h6-10,15,17-18H,3-4H2,1-2H3/p+1/t6-,7-,8-,9-,10-/m1/s1. The summed E-state index contributed by atoms with van der Waals surface area (Å²) in [6.45, 7) is 2.48. The van der Waals surface area contributed by atoms with Crippen LogP contribution in [0.1, 0.15) is 13.8 Å². The first-order chi connectivity index (χ1) is 9.44. The fourth-order valence-corrected chi connectivity index (χ4v) is 1.84. The zero-order valence-corrected chi connectivity index (χ0v) is 11.2. The Kier molecular flexibility index (Phi) is 5.99. The van der Waals surface area contributed by atoms with E-state index in [-0.39, 0.29) is 6.54 Å². The maximum atomic E-state index is 11.1. The molecule has 1 aliphatic heterocycles. The molecule has 0 unspecified atom stereocenters. The molecule has 0 aromatic carbocycles. The summed E-state index contributed by atoms with van der Waals surface area (Å²) in [4.78, 5) is 19.9. The molecular formula is C10H19N4O6+. The highest BCUT2D eigenvalue weighted by atomic mass is 16.8. The molecule has 0 radical (unpaired) electrons. The summed E-state index contributed by atoms with van der Waals surface area (Å²) in [5, 5.41) is 31.2. The van der Waals surface area contributed by atoms with Gasteiger partial charge in [-0.25, -0.2) is 0 Å². The van der Waals surface area contributed by atoms with E-state index in [9.17, 15) is 15.0 Å². The van der Waals surface area contributed by atoms with E-state index in [1.165, 1.54) is 6.92 Å². The molecule has 0 bridgehead atoms. The Morgan fingerprint density at radius 1 is 1.50 bits per heavy atom. The van der Waals surface area contributed by atoms with Gasteiger partial charge in [0.05, 0.1) is 6.61 Å². The molecule has 10 heteroatoms. The van der Waals surface area contributed by atoms with Crippen LogP contribution in [0.25, 0.3) is 10.4 Å². The van der Waals surface area contributed by atoms with Crippen molar-refractivity contribution >= 4 is 5.91 Å². The van der Waals surface area contributed by atoms with E-state index < -0.39 is 43.2 Å². The van der Waals surface area contributed by atoms with Gasteiger partial charge in [0.1, 0.15) is 35.8 Å². The number of hydrogen-bond acceptors (Lipinski definition) is 6. The predicted molar refractivity (Wildman–Crippen MR) is 64.0 cm³/mol. The van der Waals surface area contributed by atoms with Gasteiger partial charge < -0.3 is 30.2 Å². The Balaban J connectivity index is 2.94. The van der Waals surface area contributed by atoms with Crippen molar-refractivity contribution in [3.63, 3.8) is 0 Å². The molecule has 0 aromatic rings. The second kappa shape index (κ2) is 7.27. The second-order valence-corrected chi connectivity index (χ2v) is 4.30. The van der Waals surface area contributed by atoms with Crippen molar-refractivity contribution in [1.29, 1.82) is 0 Å². The summed E-state index contributed by atoms with van der Waals surface area (Å²) in [5.41, 5.74) is 8.69. The molecule has 5 atom stereocenters. The number of hydroxylamine groups is 1. The number of aliphatic hydroxyl groups excluding tert-OH is 3. The van der Waals surface area contributed by atoms with Crippen LogP contribution in [0.5, 0.6) is 0 Å². The van der Waals surface area contributed by atoms with Gasteiger partial charge in [0, 0.05) is 6.92 Å². The van der Waals surface area contributed by atoms with Crippen LogP contribution >= 0.6 is 0 Å². The van der Waals surface area contributed by atoms with Crippen LogP contribution in [-0.4, -0.2) is 69.9 Å². The van der Waals surface area contributed by atoms with Gasteiger partial charge in [-0.3, -0.25) is 4.79 Å². The van der Waals surface area contributed by atoms with Gasteiger partial charge in [-0.2, -0.15) is 0 Å². The first-order valence-electron chi connectivity index (χ1n) is 6.13. The monoisotopic (exact) mass is 291 g/mol. The van der Waals surface area contributed by atoms with Gasteiger partial charge in [-0.1, -0.05) is 0 Å². The Morgan fingerprint density at radius 2 is 2.15 bits per heavy atom. The Bertz CT molecular complexity index is 399. The summed E-state index contributed by atoms with van der Waals surface area (Å²) < 4.78 is 5.26. The number of aliphatic hydroxyl groups is 3. The summed E-state index contributed by atoms with van der Waals surface area (Å²) in [5.74, 6) is -0.468. The third kappa shape index (κ3) is 3.71. The smallest absolute Gasteiger partial charge is 0.356 e. The van der Waals surface area contributed by atoms with Gasteiger partial charge in [-0.15, -0.1) is 0 Å². The van der Waals surface area contributed by atoms with Crippen molar-refractivity contribution in [2.75, 3.05) is 13.2 Å². The largest absolute Gasteiger partial charge is 0.394 e. The van der Waals surface area contributed by atoms with Crippen LogP contribution < -0.4 is 5.32 Å².